The van der Waals surface area contributed by atoms with Crippen LogP contribution in [0.2, 0.25) is 5.02 Å². The summed E-state index contributed by atoms with van der Waals surface area (Å²) in [7, 11) is 0. The Bertz CT molecular complexity index is 699. The Balaban J connectivity index is 1.58. The molecule has 0 unspecified atom stereocenters. The molecule has 2 aromatic rings. The number of piperazine rings is 1. The molecule has 1 heterocycles. The topological polar surface area (TPSA) is 24.8 Å². The van der Waals surface area contributed by atoms with Crippen LogP contribution in [0.4, 0.5) is 4.39 Å². The number of hydrogen-bond donors (Lipinski definition) is 1. The van der Waals surface area contributed by atoms with Gasteiger partial charge in [-0.1, -0.05) is 35.9 Å². The summed E-state index contributed by atoms with van der Waals surface area (Å²) in [5.74, 6) is -0.670. The van der Waals surface area contributed by atoms with Crippen molar-refractivity contribution in [2.75, 3.05) is 26.2 Å². The van der Waals surface area contributed by atoms with Crippen molar-refractivity contribution in [1.82, 2.24) is 4.90 Å². The standard InChI is InChI=1S/C18H18ClFN2O/c19-15-5-3-4-14(12-15)13-21-8-10-22(11-9-21)18(23)16-6-1-2-7-17(16)20/h1-7,12H,8-11,13H2/p+1. The third-order valence-corrected chi connectivity index (χ3v) is 4.44. The number of rotatable bonds is 3. The zero-order chi connectivity index (χ0) is 16.2. The Morgan fingerprint density at radius 2 is 1.87 bits per heavy atom. The number of nitrogens with zero attached hydrogens (tertiary/aromatic N) is 1. The maximum absolute atomic E-state index is 13.7. The fourth-order valence-electron chi connectivity index (χ4n) is 2.94. The molecule has 5 heteroatoms. The number of hydrogen-bond acceptors (Lipinski definition) is 1. The van der Waals surface area contributed by atoms with Crippen LogP contribution in [0.25, 0.3) is 0 Å². The van der Waals surface area contributed by atoms with Gasteiger partial charge in [-0.3, -0.25) is 4.79 Å². The van der Waals surface area contributed by atoms with Crippen LogP contribution in [-0.2, 0) is 6.54 Å². The monoisotopic (exact) mass is 333 g/mol. The molecule has 0 saturated carbocycles. The highest BCUT2D eigenvalue weighted by Gasteiger charge is 2.25. The number of carbonyl (C=O) groups excluding carboxylic acids is 1. The van der Waals surface area contributed by atoms with E-state index in [2.05, 4.69) is 6.07 Å². The largest absolute Gasteiger partial charge is 0.328 e. The predicted molar refractivity (Wildman–Crippen MR) is 88.2 cm³/mol. The van der Waals surface area contributed by atoms with Crippen molar-refractivity contribution in [1.29, 1.82) is 0 Å². The van der Waals surface area contributed by atoms with E-state index in [1.165, 1.54) is 16.5 Å². The maximum Gasteiger partial charge on any atom is 0.257 e. The van der Waals surface area contributed by atoms with Gasteiger partial charge in [0.15, 0.2) is 0 Å². The van der Waals surface area contributed by atoms with Crippen LogP contribution in [0.15, 0.2) is 48.5 Å². The van der Waals surface area contributed by atoms with Gasteiger partial charge < -0.3 is 9.80 Å². The number of benzene rings is 2. The molecule has 0 spiro atoms. The minimum atomic E-state index is -0.453. The van der Waals surface area contributed by atoms with E-state index in [1.54, 1.807) is 23.1 Å². The first kappa shape index (κ1) is 16.0. The lowest BCUT2D eigenvalue weighted by molar-refractivity contribution is -0.917. The third-order valence-electron chi connectivity index (χ3n) is 4.21. The maximum atomic E-state index is 13.7. The van der Waals surface area contributed by atoms with E-state index in [4.69, 9.17) is 11.6 Å². The number of carbonyl (C=O) groups is 1. The molecule has 0 aromatic heterocycles. The lowest BCUT2D eigenvalue weighted by Crippen LogP contribution is -3.13. The second-order valence-electron chi connectivity index (χ2n) is 5.83. The quantitative estimate of drug-likeness (QED) is 0.913. The van der Waals surface area contributed by atoms with Gasteiger partial charge in [-0.15, -0.1) is 0 Å². The van der Waals surface area contributed by atoms with Crippen LogP contribution >= 0.6 is 11.6 Å². The second-order valence-corrected chi connectivity index (χ2v) is 6.27. The number of nitrogens with one attached hydrogen (secondary N) is 1. The van der Waals surface area contributed by atoms with Crippen molar-refractivity contribution in [3.63, 3.8) is 0 Å². The number of halogens is 2. The minimum Gasteiger partial charge on any atom is -0.328 e. The molecular weight excluding hydrogens is 315 g/mol. The first-order chi connectivity index (χ1) is 11.1. The lowest BCUT2D eigenvalue weighted by Gasteiger charge is -2.32. The Morgan fingerprint density at radius 1 is 1.13 bits per heavy atom. The first-order valence-corrected chi connectivity index (χ1v) is 8.13. The average molecular weight is 334 g/mol. The van der Waals surface area contributed by atoms with E-state index in [-0.39, 0.29) is 11.5 Å². The highest BCUT2D eigenvalue weighted by molar-refractivity contribution is 6.30. The molecule has 1 saturated heterocycles. The molecule has 23 heavy (non-hydrogen) atoms. The molecule has 1 aliphatic heterocycles. The molecule has 1 aliphatic rings. The second kappa shape index (κ2) is 7.11. The molecule has 0 bridgehead atoms. The van der Waals surface area contributed by atoms with Gasteiger partial charge >= 0.3 is 0 Å². The van der Waals surface area contributed by atoms with E-state index in [0.29, 0.717) is 13.1 Å². The summed E-state index contributed by atoms with van der Waals surface area (Å²) < 4.78 is 13.7. The predicted octanol–water partition coefficient (Wildman–Crippen LogP) is 2.02. The SMILES string of the molecule is O=C(c1ccccc1F)N1CC[NH+](Cc2cccc(Cl)c2)CC1. The molecule has 0 aliphatic carbocycles. The van der Waals surface area contributed by atoms with Crippen LogP contribution in [-0.4, -0.2) is 37.0 Å². The smallest absolute Gasteiger partial charge is 0.257 e. The van der Waals surface area contributed by atoms with Crippen molar-refractivity contribution in [2.45, 2.75) is 6.54 Å². The summed E-state index contributed by atoms with van der Waals surface area (Å²) in [6.07, 6.45) is 0. The van der Waals surface area contributed by atoms with Crippen LogP contribution in [0.3, 0.4) is 0 Å². The van der Waals surface area contributed by atoms with Crippen LogP contribution in [0, 0.1) is 5.82 Å². The van der Waals surface area contributed by atoms with Gasteiger partial charge in [-0.05, 0) is 24.3 Å². The average Bonchev–Trinajstić information content (AvgIpc) is 2.55. The van der Waals surface area contributed by atoms with Gasteiger partial charge in [0.2, 0.25) is 0 Å². The summed E-state index contributed by atoms with van der Waals surface area (Å²) in [5, 5.41) is 0.746. The van der Waals surface area contributed by atoms with E-state index >= 15 is 0 Å². The number of amides is 1. The minimum absolute atomic E-state index is 0.158. The Labute approximate surface area is 140 Å². The van der Waals surface area contributed by atoms with Crippen LogP contribution in [0.1, 0.15) is 15.9 Å². The number of quaternary nitrogens is 1. The Morgan fingerprint density at radius 3 is 2.57 bits per heavy atom. The van der Waals surface area contributed by atoms with Gasteiger partial charge in [0.05, 0.1) is 31.7 Å². The van der Waals surface area contributed by atoms with E-state index in [9.17, 15) is 9.18 Å². The normalized spacial score (nSPS) is 15.7. The van der Waals surface area contributed by atoms with Crippen LogP contribution < -0.4 is 4.90 Å². The molecule has 3 nitrogen and oxygen atoms in total. The van der Waals surface area contributed by atoms with E-state index in [1.807, 2.05) is 18.2 Å². The summed E-state index contributed by atoms with van der Waals surface area (Å²) in [5.41, 5.74) is 1.35. The van der Waals surface area contributed by atoms with Gasteiger partial charge in [0, 0.05) is 10.6 Å². The molecule has 1 amide bonds. The highest BCUT2D eigenvalue weighted by atomic mass is 35.5. The van der Waals surface area contributed by atoms with Crippen molar-refractivity contribution in [3.8, 4) is 0 Å². The Kier molecular flexibility index (Phi) is 4.94. The zero-order valence-corrected chi connectivity index (χ0v) is 13.5. The Hall–Kier alpha value is -1.91. The van der Waals surface area contributed by atoms with E-state index < -0.39 is 5.82 Å². The van der Waals surface area contributed by atoms with Crippen molar-refractivity contribution in [3.05, 3.63) is 70.5 Å². The van der Waals surface area contributed by atoms with Gasteiger partial charge in [-0.25, -0.2) is 4.39 Å². The summed E-state index contributed by atoms with van der Waals surface area (Å²) >= 11 is 6.01. The molecule has 0 radical (unpaired) electrons. The zero-order valence-electron chi connectivity index (χ0n) is 12.8. The van der Waals surface area contributed by atoms with Gasteiger partial charge in [0.25, 0.3) is 5.91 Å². The molecule has 3 rings (SSSR count). The fraction of sp³-hybridized carbons (Fsp3) is 0.278. The highest BCUT2D eigenvalue weighted by Crippen LogP contribution is 2.11. The fourth-order valence-corrected chi connectivity index (χ4v) is 3.16. The molecular formula is C18H19ClFN2O+. The lowest BCUT2D eigenvalue weighted by atomic mass is 10.1. The summed E-state index contributed by atoms with van der Waals surface area (Å²) in [4.78, 5) is 15.5. The van der Waals surface area contributed by atoms with Gasteiger partial charge in [-0.2, -0.15) is 0 Å². The molecule has 2 aromatic carbocycles. The van der Waals surface area contributed by atoms with E-state index in [0.717, 1.165) is 24.7 Å². The summed E-state index contributed by atoms with van der Waals surface area (Å²) in [6, 6.07) is 14.0. The van der Waals surface area contributed by atoms with Crippen LogP contribution in [0.5, 0.6) is 0 Å². The first-order valence-electron chi connectivity index (χ1n) is 7.75. The third kappa shape index (κ3) is 3.89. The van der Waals surface area contributed by atoms with Crippen molar-refractivity contribution in [2.24, 2.45) is 0 Å². The molecule has 1 N–H and O–H groups in total. The molecule has 120 valence electrons. The summed E-state index contributed by atoms with van der Waals surface area (Å²) in [6.45, 7) is 3.88. The molecule has 0 atom stereocenters. The van der Waals surface area contributed by atoms with Crippen molar-refractivity contribution < 1.29 is 14.1 Å². The molecule has 1 fully saturated rings. The van der Waals surface area contributed by atoms with Gasteiger partial charge in [0.1, 0.15) is 12.4 Å². The van der Waals surface area contributed by atoms with Crippen molar-refractivity contribution >= 4 is 17.5 Å².